The van der Waals surface area contributed by atoms with Gasteiger partial charge in [-0.05, 0) is 19.5 Å². The van der Waals surface area contributed by atoms with E-state index in [1.54, 1.807) is 22.4 Å². The maximum atomic E-state index is 12.0. The van der Waals surface area contributed by atoms with E-state index in [-0.39, 0.29) is 11.7 Å². The van der Waals surface area contributed by atoms with Crippen molar-refractivity contribution in [2.24, 2.45) is 7.05 Å². The number of benzene rings is 1. The van der Waals surface area contributed by atoms with Crippen molar-refractivity contribution in [3.8, 4) is 5.75 Å². The molecule has 0 fully saturated rings. The summed E-state index contributed by atoms with van der Waals surface area (Å²) >= 11 is 0. The van der Waals surface area contributed by atoms with Crippen molar-refractivity contribution < 1.29 is 4.74 Å². The molecule has 1 heterocycles. The number of imidazole rings is 1. The largest absolute Gasteiger partial charge is 0.494 e. The molecule has 1 aromatic carbocycles. The standard InChI is InChI=1S/C16H23N3O2/c1-4-17-14(12-19-11-10-18(3)16(19)20)13-8-6-7-9-15(13)21-5-2/h6-11,14,17H,4-5,12H2,1-3H3. The van der Waals surface area contributed by atoms with Gasteiger partial charge >= 0.3 is 5.69 Å². The molecule has 0 amide bonds. The fraction of sp³-hybridized carbons (Fsp3) is 0.438. The molecule has 1 aromatic heterocycles. The Hall–Kier alpha value is -2.01. The van der Waals surface area contributed by atoms with Crippen LogP contribution in [0.1, 0.15) is 25.5 Å². The van der Waals surface area contributed by atoms with Crippen molar-refractivity contribution in [1.82, 2.24) is 14.5 Å². The molecular formula is C16H23N3O2. The SMILES string of the molecule is CCNC(Cn1ccn(C)c1=O)c1ccccc1OCC. The molecule has 1 atom stereocenters. The van der Waals surface area contributed by atoms with E-state index in [2.05, 4.69) is 12.2 Å². The highest BCUT2D eigenvalue weighted by atomic mass is 16.5. The van der Waals surface area contributed by atoms with Gasteiger partial charge in [0.15, 0.2) is 0 Å². The zero-order valence-corrected chi connectivity index (χ0v) is 12.9. The second kappa shape index (κ2) is 7.13. The van der Waals surface area contributed by atoms with Crippen LogP contribution in [-0.2, 0) is 13.6 Å². The van der Waals surface area contributed by atoms with E-state index in [4.69, 9.17) is 4.74 Å². The van der Waals surface area contributed by atoms with E-state index in [1.165, 1.54) is 0 Å². The third kappa shape index (κ3) is 3.55. The summed E-state index contributed by atoms with van der Waals surface area (Å²) in [4.78, 5) is 12.0. The molecule has 21 heavy (non-hydrogen) atoms. The molecule has 0 radical (unpaired) electrons. The average molecular weight is 289 g/mol. The fourth-order valence-electron chi connectivity index (χ4n) is 2.42. The van der Waals surface area contributed by atoms with Crippen molar-refractivity contribution in [2.75, 3.05) is 13.2 Å². The number of ether oxygens (including phenoxy) is 1. The predicted octanol–water partition coefficient (Wildman–Crippen LogP) is 1.94. The molecule has 0 saturated heterocycles. The molecule has 2 aromatic rings. The first kappa shape index (κ1) is 15.4. The minimum absolute atomic E-state index is 0.00760. The third-order valence-corrected chi connectivity index (χ3v) is 3.44. The zero-order valence-electron chi connectivity index (χ0n) is 12.9. The van der Waals surface area contributed by atoms with Crippen molar-refractivity contribution in [3.63, 3.8) is 0 Å². The summed E-state index contributed by atoms with van der Waals surface area (Å²) in [5, 5.41) is 3.43. The zero-order chi connectivity index (χ0) is 15.2. The highest BCUT2D eigenvalue weighted by molar-refractivity contribution is 5.36. The van der Waals surface area contributed by atoms with Gasteiger partial charge in [0.05, 0.1) is 12.6 Å². The Morgan fingerprint density at radius 3 is 2.62 bits per heavy atom. The molecule has 0 bridgehead atoms. The Morgan fingerprint density at radius 1 is 1.24 bits per heavy atom. The van der Waals surface area contributed by atoms with Gasteiger partial charge in [-0.25, -0.2) is 4.79 Å². The molecule has 0 aliphatic heterocycles. The maximum absolute atomic E-state index is 12.0. The van der Waals surface area contributed by atoms with Crippen LogP contribution >= 0.6 is 0 Å². The molecule has 114 valence electrons. The van der Waals surface area contributed by atoms with E-state index in [1.807, 2.05) is 37.4 Å². The van der Waals surface area contributed by atoms with Crippen LogP contribution in [-0.4, -0.2) is 22.3 Å². The van der Waals surface area contributed by atoms with Crippen LogP contribution in [0, 0.1) is 0 Å². The summed E-state index contributed by atoms with van der Waals surface area (Å²) in [6.45, 7) is 6.07. The second-order valence-electron chi connectivity index (χ2n) is 4.93. The van der Waals surface area contributed by atoms with Crippen LogP contribution < -0.4 is 15.7 Å². The van der Waals surface area contributed by atoms with Gasteiger partial charge in [-0.15, -0.1) is 0 Å². The quantitative estimate of drug-likeness (QED) is 0.847. The lowest BCUT2D eigenvalue weighted by Gasteiger charge is -2.21. The van der Waals surface area contributed by atoms with E-state index < -0.39 is 0 Å². The predicted molar refractivity (Wildman–Crippen MR) is 83.7 cm³/mol. The highest BCUT2D eigenvalue weighted by Crippen LogP contribution is 2.26. The Kier molecular flexibility index (Phi) is 5.22. The second-order valence-corrected chi connectivity index (χ2v) is 4.93. The molecule has 2 rings (SSSR count). The summed E-state index contributed by atoms with van der Waals surface area (Å²) < 4.78 is 9.00. The summed E-state index contributed by atoms with van der Waals surface area (Å²) in [5.74, 6) is 0.870. The van der Waals surface area contributed by atoms with Gasteiger partial charge in [-0.1, -0.05) is 25.1 Å². The lowest BCUT2D eigenvalue weighted by Crippen LogP contribution is -2.31. The third-order valence-electron chi connectivity index (χ3n) is 3.44. The molecule has 5 heteroatoms. The van der Waals surface area contributed by atoms with Gasteiger partial charge in [0.2, 0.25) is 0 Å². The van der Waals surface area contributed by atoms with Crippen LogP contribution in [0.15, 0.2) is 41.5 Å². The monoisotopic (exact) mass is 289 g/mol. The van der Waals surface area contributed by atoms with E-state index in [9.17, 15) is 4.79 Å². The lowest BCUT2D eigenvalue weighted by molar-refractivity contribution is 0.328. The smallest absolute Gasteiger partial charge is 0.327 e. The molecule has 1 N–H and O–H groups in total. The van der Waals surface area contributed by atoms with Gasteiger partial charge in [-0.3, -0.25) is 4.57 Å². The summed E-state index contributed by atoms with van der Waals surface area (Å²) in [7, 11) is 1.76. The Balaban J connectivity index is 2.30. The number of hydrogen-bond acceptors (Lipinski definition) is 3. The van der Waals surface area contributed by atoms with Gasteiger partial charge in [0, 0.05) is 31.5 Å². The molecule has 1 unspecified atom stereocenters. The van der Waals surface area contributed by atoms with Crippen molar-refractivity contribution in [3.05, 3.63) is 52.7 Å². The van der Waals surface area contributed by atoms with Crippen LogP contribution in [0.3, 0.4) is 0 Å². The van der Waals surface area contributed by atoms with Crippen molar-refractivity contribution >= 4 is 0 Å². The van der Waals surface area contributed by atoms with E-state index in [0.717, 1.165) is 17.9 Å². The number of likely N-dealkylation sites (N-methyl/N-ethyl adjacent to an activating group) is 1. The Labute approximate surface area is 125 Å². The van der Waals surface area contributed by atoms with Crippen LogP contribution in [0.2, 0.25) is 0 Å². The number of hydrogen-bond donors (Lipinski definition) is 1. The van der Waals surface area contributed by atoms with Gasteiger partial charge in [0.25, 0.3) is 0 Å². The van der Waals surface area contributed by atoms with Gasteiger partial charge in [0.1, 0.15) is 5.75 Å². The summed E-state index contributed by atoms with van der Waals surface area (Å²) in [6.07, 6.45) is 3.59. The minimum atomic E-state index is -0.00760. The van der Waals surface area contributed by atoms with Crippen LogP contribution in [0.4, 0.5) is 0 Å². The molecule has 0 aliphatic rings. The molecular weight excluding hydrogens is 266 g/mol. The topological polar surface area (TPSA) is 48.2 Å². The van der Waals surface area contributed by atoms with E-state index in [0.29, 0.717) is 13.2 Å². The lowest BCUT2D eigenvalue weighted by atomic mass is 10.1. The highest BCUT2D eigenvalue weighted by Gasteiger charge is 2.16. The Morgan fingerprint density at radius 2 is 2.00 bits per heavy atom. The average Bonchev–Trinajstić information content (AvgIpc) is 2.80. The number of nitrogens with zero attached hydrogens (tertiary/aromatic N) is 2. The minimum Gasteiger partial charge on any atom is -0.494 e. The molecule has 0 spiro atoms. The first-order valence-electron chi connectivity index (χ1n) is 7.34. The number of nitrogens with one attached hydrogen (secondary N) is 1. The number of rotatable bonds is 7. The molecule has 5 nitrogen and oxygen atoms in total. The summed E-state index contributed by atoms with van der Waals surface area (Å²) in [5.41, 5.74) is 1.07. The molecule has 0 aliphatic carbocycles. The first-order chi connectivity index (χ1) is 10.2. The van der Waals surface area contributed by atoms with Gasteiger partial charge < -0.3 is 14.6 Å². The van der Waals surface area contributed by atoms with Gasteiger partial charge in [-0.2, -0.15) is 0 Å². The Bertz CT molecular complexity index is 630. The number of aromatic nitrogens is 2. The normalized spacial score (nSPS) is 12.3. The first-order valence-corrected chi connectivity index (χ1v) is 7.34. The van der Waals surface area contributed by atoms with Crippen molar-refractivity contribution in [2.45, 2.75) is 26.4 Å². The number of aryl methyl sites for hydroxylation is 1. The fourth-order valence-corrected chi connectivity index (χ4v) is 2.42. The maximum Gasteiger partial charge on any atom is 0.327 e. The number of para-hydroxylation sites is 1. The molecule has 0 saturated carbocycles. The summed E-state index contributed by atoms with van der Waals surface area (Å²) in [6, 6.07) is 8.02. The van der Waals surface area contributed by atoms with Crippen molar-refractivity contribution in [1.29, 1.82) is 0 Å². The van der Waals surface area contributed by atoms with Crippen LogP contribution in [0.5, 0.6) is 5.75 Å². The van der Waals surface area contributed by atoms with Crippen LogP contribution in [0.25, 0.3) is 0 Å². The van der Waals surface area contributed by atoms with E-state index >= 15 is 0 Å².